The predicted molar refractivity (Wildman–Crippen MR) is 311 cm³/mol. The first kappa shape index (κ1) is 50.1. The number of pyridine rings is 1. The first-order valence-corrected chi connectivity index (χ1v) is 29.2. The van der Waals surface area contributed by atoms with Gasteiger partial charge in [-0.15, -0.1) is 0 Å². The van der Waals surface area contributed by atoms with Crippen molar-refractivity contribution in [2.24, 2.45) is 0 Å². The highest BCUT2D eigenvalue weighted by Crippen LogP contribution is 2.46. The van der Waals surface area contributed by atoms with Crippen LogP contribution < -0.4 is 5.19 Å². The Kier molecular flexibility index (Phi) is 12.8. The zero-order chi connectivity index (χ0) is 51.7. The molecule has 9 rings (SSSR count). The number of rotatable bonds is 8. The number of phenolic OH excluding ortho intramolecular Hbond substituents is 1. The largest absolute Gasteiger partial charge is 0.507 e. The number of hydrogen-bond acceptors (Lipinski definition) is 3. The molecule has 5 heteroatoms. The third-order valence-electron chi connectivity index (χ3n) is 14.4. The average Bonchev–Trinajstić information content (AvgIpc) is 3.72. The third kappa shape index (κ3) is 10.0. The second kappa shape index (κ2) is 18.3. The van der Waals surface area contributed by atoms with Gasteiger partial charge in [-0.3, -0.25) is 9.55 Å². The van der Waals surface area contributed by atoms with Crippen molar-refractivity contribution < 1.29 is 5.11 Å². The maximum Gasteiger partial charge on any atom is 0.149 e. The highest BCUT2D eigenvalue weighted by molar-refractivity contribution is 6.88. The molecular weight excluding hydrogens is 891 g/mol. The summed E-state index contributed by atoms with van der Waals surface area (Å²) in [5.41, 5.74) is 18.2. The Morgan fingerprint density at radius 1 is 0.431 bits per heavy atom. The van der Waals surface area contributed by atoms with Gasteiger partial charge in [0.05, 0.1) is 36.1 Å². The van der Waals surface area contributed by atoms with E-state index >= 15 is 0 Å². The Morgan fingerprint density at radius 3 is 1.60 bits per heavy atom. The minimum absolute atomic E-state index is 0.0783. The van der Waals surface area contributed by atoms with E-state index < -0.39 is 8.07 Å². The fourth-order valence-corrected chi connectivity index (χ4v) is 10.9. The van der Waals surface area contributed by atoms with Crippen LogP contribution >= 0.6 is 0 Å². The van der Waals surface area contributed by atoms with Gasteiger partial charge in [-0.25, -0.2) is 4.98 Å². The van der Waals surface area contributed by atoms with Gasteiger partial charge in [-0.2, -0.15) is 0 Å². The Labute approximate surface area is 430 Å². The number of imidazole rings is 1. The van der Waals surface area contributed by atoms with E-state index in [2.05, 4.69) is 265 Å². The van der Waals surface area contributed by atoms with Crippen LogP contribution in [0.25, 0.3) is 83.9 Å². The second-order valence-electron chi connectivity index (χ2n) is 25.1. The molecule has 2 aromatic heterocycles. The summed E-state index contributed by atoms with van der Waals surface area (Å²) in [6, 6.07) is 57.8. The highest BCUT2D eigenvalue weighted by Gasteiger charge is 2.30. The number of para-hydroxylation sites is 1. The van der Waals surface area contributed by atoms with Crippen molar-refractivity contribution in [2.75, 3.05) is 0 Å². The summed E-state index contributed by atoms with van der Waals surface area (Å²) < 4.78 is 2.30. The summed E-state index contributed by atoms with van der Waals surface area (Å²) in [7, 11) is -1.37. The molecule has 0 saturated carbocycles. The maximum atomic E-state index is 12.6. The number of aromatic hydroxyl groups is 1. The fraction of sp³-hybridized carbons (Fsp3) is 0.284. The summed E-state index contributed by atoms with van der Waals surface area (Å²) in [6.07, 6.45) is 1.94. The molecule has 0 amide bonds. The molecule has 0 saturated heterocycles. The molecular formula is C67H73N3OSi. The van der Waals surface area contributed by atoms with E-state index in [9.17, 15) is 5.11 Å². The van der Waals surface area contributed by atoms with Crippen molar-refractivity contribution in [1.29, 1.82) is 0 Å². The van der Waals surface area contributed by atoms with Gasteiger partial charge in [0.15, 0.2) is 0 Å². The Morgan fingerprint density at radius 2 is 1.00 bits per heavy atom. The predicted octanol–water partition coefficient (Wildman–Crippen LogP) is 17.9. The van der Waals surface area contributed by atoms with Crippen molar-refractivity contribution >= 4 is 24.3 Å². The lowest BCUT2D eigenvalue weighted by atomic mass is 9.79. The Balaban J connectivity index is 1.25. The molecule has 1 N–H and O–H groups in total. The number of benzene rings is 7. The lowest BCUT2D eigenvalue weighted by Gasteiger charge is -2.28. The highest BCUT2D eigenvalue weighted by atomic mass is 28.3. The molecule has 0 bridgehead atoms. The number of phenols is 1. The molecule has 0 atom stereocenters. The first-order valence-electron chi connectivity index (χ1n) is 25.7. The molecule has 366 valence electrons. The first-order chi connectivity index (χ1) is 33.8. The van der Waals surface area contributed by atoms with E-state index in [4.69, 9.17) is 9.97 Å². The number of nitrogens with zero attached hydrogens (tertiary/aromatic N) is 3. The monoisotopic (exact) mass is 964 g/mol. The van der Waals surface area contributed by atoms with Crippen LogP contribution in [0.15, 0.2) is 164 Å². The summed E-state index contributed by atoms with van der Waals surface area (Å²) in [5.74, 6) is 0.957. The van der Waals surface area contributed by atoms with Gasteiger partial charge in [0.25, 0.3) is 0 Å². The van der Waals surface area contributed by atoms with E-state index in [1.54, 1.807) is 0 Å². The summed E-state index contributed by atoms with van der Waals surface area (Å²) in [5, 5.41) is 14.1. The van der Waals surface area contributed by atoms with Crippen molar-refractivity contribution in [1.82, 2.24) is 14.5 Å². The number of hydrogen-bond donors (Lipinski definition) is 1. The van der Waals surface area contributed by atoms with Gasteiger partial charge in [0.2, 0.25) is 0 Å². The lowest BCUT2D eigenvalue weighted by Crippen LogP contribution is -2.37. The molecule has 0 aliphatic rings. The van der Waals surface area contributed by atoms with E-state index in [1.807, 2.05) is 6.20 Å². The van der Waals surface area contributed by atoms with Gasteiger partial charge in [0, 0.05) is 28.5 Å². The van der Waals surface area contributed by atoms with Crippen molar-refractivity contribution in [3.63, 3.8) is 0 Å². The van der Waals surface area contributed by atoms with Crippen LogP contribution in [0.4, 0.5) is 0 Å². The van der Waals surface area contributed by atoms with Crippen LogP contribution in [0.3, 0.4) is 0 Å². The minimum atomic E-state index is -1.37. The summed E-state index contributed by atoms with van der Waals surface area (Å²) in [6.45, 7) is 34.0. The summed E-state index contributed by atoms with van der Waals surface area (Å²) in [4.78, 5) is 10.8. The van der Waals surface area contributed by atoms with Gasteiger partial charge in [-0.05, 0) is 120 Å². The smallest absolute Gasteiger partial charge is 0.149 e. The second-order valence-corrected chi connectivity index (χ2v) is 30.2. The molecule has 9 aromatic rings. The number of aromatic nitrogens is 3. The van der Waals surface area contributed by atoms with Crippen molar-refractivity contribution in [3.05, 3.63) is 186 Å². The van der Waals surface area contributed by atoms with Crippen molar-refractivity contribution in [3.8, 4) is 78.6 Å². The van der Waals surface area contributed by atoms with Crippen LogP contribution in [0, 0.1) is 0 Å². The van der Waals surface area contributed by atoms with Crippen molar-refractivity contribution in [2.45, 2.75) is 124 Å². The molecule has 4 nitrogen and oxygen atoms in total. The molecule has 72 heavy (non-hydrogen) atoms. The van der Waals surface area contributed by atoms with Gasteiger partial charge >= 0.3 is 0 Å². The van der Waals surface area contributed by atoms with Crippen LogP contribution in [0.2, 0.25) is 19.6 Å². The lowest BCUT2D eigenvalue weighted by molar-refractivity contribution is 0.446. The molecule has 7 aromatic carbocycles. The fourth-order valence-electron chi connectivity index (χ4n) is 9.76. The molecule has 0 aliphatic carbocycles. The third-order valence-corrected chi connectivity index (χ3v) is 16.4. The molecule has 2 heterocycles. The van der Waals surface area contributed by atoms with Crippen LogP contribution in [-0.2, 0) is 21.7 Å². The minimum Gasteiger partial charge on any atom is -0.507 e. The maximum absolute atomic E-state index is 12.6. The SMILES string of the molecule is CC(C)(C)c1cc(-c2cc(-c3ccc(-c4ccc([Si](C)(C)C)cc4)cc3)ccn2)cc(-c2cccc3c2nc(-c2cc(C(C)(C)C)cc(C(C)(C)C)c2O)n3-c2ccc(C(C)(C)C)cc2-c2ccccc2)c1. The Hall–Kier alpha value is -6.82. The summed E-state index contributed by atoms with van der Waals surface area (Å²) >= 11 is 0. The van der Waals surface area contributed by atoms with E-state index in [0.717, 1.165) is 72.5 Å². The van der Waals surface area contributed by atoms with Gasteiger partial charge in [-0.1, -0.05) is 217 Å². The molecule has 0 spiro atoms. The molecule has 0 aliphatic heterocycles. The Bertz CT molecular complexity index is 3450. The molecule has 0 unspecified atom stereocenters. The van der Waals surface area contributed by atoms with Crippen LogP contribution in [0.1, 0.15) is 105 Å². The van der Waals surface area contributed by atoms with Crippen LogP contribution in [-0.4, -0.2) is 27.7 Å². The quantitative estimate of drug-likeness (QED) is 0.154. The normalized spacial score (nSPS) is 12.7. The molecule has 0 radical (unpaired) electrons. The standard InChI is InChI=1S/C67H73N3OSi/c1-64(2,3)50-30-33-59(55(40-50)46-20-17-16-18-21-46)70-60-23-19-22-54(61(60)69-63(70)56-41-52(66(7,8)9)42-57(62(56)71)67(10,11)12)48-36-49(38-51(37-48)65(4,5)6)58-39-47(34-35-68-58)45-26-24-43(25-27-45)44-28-31-53(32-29-44)72(13,14)15/h16-42,71H,1-15H3. The zero-order valence-corrected chi connectivity index (χ0v) is 46.4. The van der Waals surface area contributed by atoms with Gasteiger partial charge < -0.3 is 5.11 Å². The average molecular weight is 964 g/mol. The molecule has 0 fully saturated rings. The van der Waals surface area contributed by atoms with E-state index in [0.29, 0.717) is 11.4 Å². The van der Waals surface area contributed by atoms with Gasteiger partial charge in [0.1, 0.15) is 11.6 Å². The van der Waals surface area contributed by atoms with E-state index in [1.165, 1.54) is 27.4 Å². The van der Waals surface area contributed by atoms with E-state index in [-0.39, 0.29) is 27.4 Å². The number of fused-ring (bicyclic) bond motifs is 1. The topological polar surface area (TPSA) is 50.9 Å². The van der Waals surface area contributed by atoms with Crippen LogP contribution in [0.5, 0.6) is 5.75 Å². The zero-order valence-electron chi connectivity index (χ0n) is 45.4.